The lowest BCUT2D eigenvalue weighted by atomic mass is 10.3. The van der Waals surface area contributed by atoms with Crippen LogP contribution in [0.5, 0.6) is 0 Å². The molecule has 0 saturated heterocycles. The van der Waals surface area contributed by atoms with E-state index in [1.54, 1.807) is 15.2 Å². The van der Waals surface area contributed by atoms with Crippen LogP contribution in [0.4, 0.5) is 0 Å². The van der Waals surface area contributed by atoms with Crippen LogP contribution in [-0.4, -0.2) is 14.1 Å². The summed E-state index contributed by atoms with van der Waals surface area (Å²) in [6.45, 7) is 2.48. The van der Waals surface area contributed by atoms with E-state index >= 15 is 0 Å². The standard InChI is InChI=1S/C10H9N3O2/c1-6-5-12-9(15)4-11-7-2-3-8(14)13(6)10(7)12/h2-4,6H,5H2,1H3/t6-/m0/s1. The third-order valence-corrected chi connectivity index (χ3v) is 2.80. The molecule has 0 unspecified atom stereocenters. The maximum Gasteiger partial charge on any atom is 0.270 e. The highest BCUT2D eigenvalue weighted by atomic mass is 16.1. The largest absolute Gasteiger partial charge is 0.289 e. The highest BCUT2D eigenvalue weighted by molar-refractivity contribution is 5.71. The van der Waals surface area contributed by atoms with Gasteiger partial charge in [-0.1, -0.05) is 0 Å². The van der Waals surface area contributed by atoms with Crippen molar-refractivity contribution in [2.75, 3.05) is 0 Å². The van der Waals surface area contributed by atoms with Crippen LogP contribution in [-0.2, 0) is 6.54 Å². The predicted molar refractivity (Wildman–Crippen MR) is 55.0 cm³/mol. The molecule has 1 aliphatic rings. The molecule has 0 radical (unpaired) electrons. The van der Waals surface area contributed by atoms with Crippen LogP contribution in [0.3, 0.4) is 0 Å². The Balaban J connectivity index is 2.65. The fourth-order valence-electron chi connectivity index (χ4n) is 2.15. The van der Waals surface area contributed by atoms with E-state index < -0.39 is 0 Å². The lowest BCUT2D eigenvalue weighted by Gasteiger charge is -2.05. The number of rotatable bonds is 0. The number of hydrogen-bond donors (Lipinski definition) is 0. The molecule has 5 nitrogen and oxygen atoms in total. The number of aromatic nitrogens is 3. The van der Waals surface area contributed by atoms with E-state index in [9.17, 15) is 9.59 Å². The predicted octanol–water partition coefficient (Wildman–Crippen LogP) is 0.133. The van der Waals surface area contributed by atoms with Gasteiger partial charge in [-0.15, -0.1) is 0 Å². The lowest BCUT2D eigenvalue weighted by Crippen LogP contribution is -2.20. The molecule has 3 rings (SSSR count). The van der Waals surface area contributed by atoms with Gasteiger partial charge in [0, 0.05) is 12.6 Å². The van der Waals surface area contributed by atoms with Crippen LogP contribution < -0.4 is 11.1 Å². The Kier molecular flexibility index (Phi) is 1.44. The molecule has 0 fully saturated rings. The van der Waals surface area contributed by atoms with Crippen molar-refractivity contribution in [1.82, 2.24) is 14.1 Å². The van der Waals surface area contributed by atoms with Crippen LogP contribution in [0.1, 0.15) is 13.0 Å². The SMILES string of the molecule is C[C@H]1Cn2c(=O)cnc3ccc(=O)n1c32. The summed E-state index contributed by atoms with van der Waals surface area (Å²) in [5, 5.41) is 0. The van der Waals surface area contributed by atoms with Gasteiger partial charge in [-0.05, 0) is 13.0 Å². The monoisotopic (exact) mass is 203 g/mol. The minimum absolute atomic E-state index is 0.0260. The molecule has 0 bridgehead atoms. The second-order valence-electron chi connectivity index (χ2n) is 3.81. The minimum Gasteiger partial charge on any atom is -0.289 e. The van der Waals surface area contributed by atoms with Crippen molar-refractivity contribution in [1.29, 1.82) is 0 Å². The summed E-state index contributed by atoms with van der Waals surface area (Å²) in [6.07, 6.45) is 1.30. The summed E-state index contributed by atoms with van der Waals surface area (Å²) in [4.78, 5) is 27.2. The van der Waals surface area contributed by atoms with E-state index in [1.807, 2.05) is 6.92 Å². The van der Waals surface area contributed by atoms with Crippen molar-refractivity contribution in [3.63, 3.8) is 0 Å². The van der Waals surface area contributed by atoms with Crippen molar-refractivity contribution in [2.45, 2.75) is 19.5 Å². The van der Waals surface area contributed by atoms with Gasteiger partial charge in [0.15, 0.2) is 0 Å². The van der Waals surface area contributed by atoms with Crippen molar-refractivity contribution in [3.8, 4) is 0 Å². The maximum absolute atomic E-state index is 11.6. The highest BCUT2D eigenvalue weighted by Gasteiger charge is 2.22. The molecule has 1 atom stereocenters. The molecule has 1 aliphatic heterocycles. The van der Waals surface area contributed by atoms with Gasteiger partial charge in [-0.25, -0.2) is 4.98 Å². The minimum atomic E-state index is -0.147. The van der Waals surface area contributed by atoms with Crippen molar-refractivity contribution in [3.05, 3.63) is 39.0 Å². The van der Waals surface area contributed by atoms with E-state index in [0.29, 0.717) is 17.7 Å². The molecule has 0 N–H and O–H groups in total. The van der Waals surface area contributed by atoms with Gasteiger partial charge in [0.25, 0.3) is 11.1 Å². The summed E-state index contributed by atoms with van der Waals surface area (Å²) in [5.74, 6) is 0. The van der Waals surface area contributed by atoms with E-state index in [2.05, 4.69) is 4.98 Å². The van der Waals surface area contributed by atoms with Crippen molar-refractivity contribution >= 4 is 11.2 Å². The molecule has 0 amide bonds. The first-order valence-electron chi connectivity index (χ1n) is 4.79. The van der Waals surface area contributed by atoms with Gasteiger partial charge < -0.3 is 0 Å². The Bertz CT molecular complexity index is 663. The second-order valence-corrected chi connectivity index (χ2v) is 3.81. The Hall–Kier alpha value is -1.91. The maximum atomic E-state index is 11.6. The average molecular weight is 203 g/mol. The molecule has 0 aromatic carbocycles. The number of hydrogen-bond acceptors (Lipinski definition) is 3. The van der Waals surface area contributed by atoms with Gasteiger partial charge in [0.05, 0.1) is 12.2 Å². The molecule has 0 saturated carbocycles. The third kappa shape index (κ3) is 0.945. The normalized spacial score (nSPS) is 18.6. The fraction of sp³-hybridized carbons (Fsp3) is 0.300. The van der Waals surface area contributed by atoms with Crippen molar-refractivity contribution in [2.24, 2.45) is 0 Å². The molecule has 2 aromatic heterocycles. The molecular weight excluding hydrogens is 194 g/mol. The van der Waals surface area contributed by atoms with E-state index in [4.69, 9.17) is 0 Å². The first-order valence-corrected chi connectivity index (χ1v) is 4.79. The highest BCUT2D eigenvalue weighted by Crippen LogP contribution is 2.20. The summed E-state index contributed by atoms with van der Waals surface area (Å²) >= 11 is 0. The summed E-state index contributed by atoms with van der Waals surface area (Å²) < 4.78 is 3.23. The number of nitrogens with zero attached hydrogens (tertiary/aromatic N) is 3. The summed E-state index contributed by atoms with van der Waals surface area (Å²) in [5.41, 5.74) is 1.11. The zero-order valence-corrected chi connectivity index (χ0v) is 8.17. The van der Waals surface area contributed by atoms with Gasteiger partial charge in [0.2, 0.25) is 0 Å². The van der Waals surface area contributed by atoms with Gasteiger partial charge in [0.1, 0.15) is 11.2 Å². The Morgan fingerprint density at radius 2 is 2.13 bits per heavy atom. The molecule has 0 aliphatic carbocycles. The molecule has 76 valence electrons. The summed E-state index contributed by atoms with van der Waals surface area (Å²) in [6, 6.07) is 3.17. The topological polar surface area (TPSA) is 56.9 Å². The second kappa shape index (κ2) is 2.56. The molecule has 0 spiro atoms. The quantitative estimate of drug-likeness (QED) is 0.611. The summed E-state index contributed by atoms with van der Waals surface area (Å²) in [7, 11) is 0. The van der Waals surface area contributed by atoms with Crippen LogP contribution in [0.2, 0.25) is 0 Å². The Labute approximate surface area is 84.6 Å². The zero-order chi connectivity index (χ0) is 10.6. The van der Waals surface area contributed by atoms with E-state index in [-0.39, 0.29) is 17.2 Å². The van der Waals surface area contributed by atoms with Gasteiger partial charge in [-0.3, -0.25) is 18.7 Å². The lowest BCUT2D eigenvalue weighted by molar-refractivity contribution is 0.527. The van der Waals surface area contributed by atoms with Crippen LogP contribution in [0.15, 0.2) is 27.9 Å². The zero-order valence-electron chi connectivity index (χ0n) is 8.17. The van der Waals surface area contributed by atoms with E-state index in [0.717, 1.165) is 0 Å². The first-order chi connectivity index (χ1) is 7.18. The van der Waals surface area contributed by atoms with Crippen molar-refractivity contribution < 1.29 is 0 Å². The van der Waals surface area contributed by atoms with Crippen LogP contribution >= 0.6 is 0 Å². The average Bonchev–Trinajstić information content (AvgIpc) is 2.56. The number of pyridine rings is 1. The molecular formula is C10H9N3O2. The van der Waals surface area contributed by atoms with Crippen LogP contribution in [0, 0.1) is 0 Å². The van der Waals surface area contributed by atoms with E-state index in [1.165, 1.54) is 12.3 Å². The molecule has 15 heavy (non-hydrogen) atoms. The Morgan fingerprint density at radius 3 is 2.93 bits per heavy atom. The van der Waals surface area contributed by atoms with Gasteiger partial charge in [-0.2, -0.15) is 0 Å². The third-order valence-electron chi connectivity index (χ3n) is 2.80. The molecule has 3 heterocycles. The Morgan fingerprint density at radius 1 is 1.33 bits per heavy atom. The first kappa shape index (κ1) is 8.40. The van der Waals surface area contributed by atoms with Crippen LogP contribution in [0.25, 0.3) is 11.2 Å². The molecule has 5 heteroatoms. The van der Waals surface area contributed by atoms with Gasteiger partial charge >= 0.3 is 0 Å². The smallest absolute Gasteiger partial charge is 0.270 e. The fourth-order valence-corrected chi connectivity index (χ4v) is 2.15. The molecule has 2 aromatic rings.